The molecule has 7 rings (SSSR count). The van der Waals surface area contributed by atoms with E-state index in [0.717, 1.165) is 11.8 Å². The molecule has 3 N–H and O–H groups in total. The summed E-state index contributed by atoms with van der Waals surface area (Å²) in [6.07, 6.45) is 7.34. The molecule has 0 bridgehead atoms. The Morgan fingerprint density at radius 2 is 1.75 bits per heavy atom. The maximum absolute atomic E-state index is 16.3. The summed E-state index contributed by atoms with van der Waals surface area (Å²) < 4.78 is 54.3. The second-order valence-electron chi connectivity index (χ2n) is 11.3. The first-order chi connectivity index (χ1) is 23.1. The van der Waals surface area contributed by atoms with Gasteiger partial charge in [-0.3, -0.25) is 19.9 Å². The van der Waals surface area contributed by atoms with Crippen molar-refractivity contribution < 1.29 is 22.0 Å². The number of amides is 1. The molecule has 14 heteroatoms. The number of sulfone groups is 1. The fourth-order valence-electron chi connectivity index (χ4n) is 5.49. The van der Waals surface area contributed by atoms with Gasteiger partial charge in [-0.2, -0.15) is 5.10 Å². The van der Waals surface area contributed by atoms with Gasteiger partial charge in [-0.1, -0.05) is 36.4 Å². The molecular weight excluding hydrogens is 638 g/mol. The van der Waals surface area contributed by atoms with E-state index in [2.05, 4.69) is 40.4 Å². The van der Waals surface area contributed by atoms with E-state index in [1.807, 2.05) is 30.3 Å². The number of imidazole rings is 1. The van der Waals surface area contributed by atoms with Crippen molar-refractivity contribution >= 4 is 43.5 Å². The van der Waals surface area contributed by atoms with Crippen molar-refractivity contribution in [3.8, 4) is 33.9 Å². The average Bonchev–Trinajstić information content (AvgIpc) is 3.69. The Morgan fingerprint density at radius 1 is 0.917 bits per heavy atom. The number of nitrogens with zero attached hydrogens (tertiary/aromatic N) is 5. The molecule has 0 fully saturated rings. The van der Waals surface area contributed by atoms with Crippen LogP contribution in [0.25, 0.3) is 56.0 Å². The average molecular weight is 665 g/mol. The van der Waals surface area contributed by atoms with Crippen LogP contribution in [0.1, 0.15) is 11.1 Å². The van der Waals surface area contributed by atoms with Crippen molar-refractivity contribution in [3.63, 3.8) is 0 Å². The molecule has 2 aromatic carbocycles. The molecule has 0 aliphatic rings. The van der Waals surface area contributed by atoms with Crippen molar-refractivity contribution in [2.45, 2.75) is 12.8 Å². The lowest BCUT2D eigenvalue weighted by Gasteiger charge is -2.08. The van der Waals surface area contributed by atoms with Gasteiger partial charge in [0.2, 0.25) is 5.91 Å². The molecule has 0 spiro atoms. The number of H-pyrrole nitrogens is 2. The number of benzene rings is 2. The number of hydrogen-bond acceptors (Lipinski definition) is 8. The number of carbonyl (C=O) groups excluding carboxylic acids is 1. The molecule has 0 aliphatic heterocycles. The number of fused-ring (bicyclic) bond motifs is 2. The number of aryl methyl sites for hydroxylation is 1. The highest BCUT2D eigenvalue weighted by molar-refractivity contribution is 7.90. The fourth-order valence-corrected chi connectivity index (χ4v) is 6.10. The Bertz CT molecular complexity index is 2450. The third kappa shape index (κ3) is 6.37. The van der Waals surface area contributed by atoms with Crippen LogP contribution in [-0.2, 0) is 27.5 Å². The summed E-state index contributed by atoms with van der Waals surface area (Å²) in [4.78, 5) is 33.2. The molecule has 0 aliphatic carbocycles. The van der Waals surface area contributed by atoms with Crippen molar-refractivity contribution in [1.82, 2.24) is 35.1 Å². The molecule has 48 heavy (non-hydrogen) atoms. The minimum atomic E-state index is -3.24. The molecule has 0 unspecified atom stereocenters. The highest BCUT2D eigenvalue weighted by atomic mass is 32.2. The minimum absolute atomic E-state index is 0.00637. The van der Waals surface area contributed by atoms with Gasteiger partial charge in [0, 0.05) is 29.8 Å². The van der Waals surface area contributed by atoms with Crippen LogP contribution in [0.5, 0.6) is 0 Å². The third-order valence-electron chi connectivity index (χ3n) is 7.69. The largest absolute Gasteiger partial charge is 0.335 e. The highest BCUT2D eigenvalue weighted by Gasteiger charge is 2.22. The molecule has 7 aromatic rings. The van der Waals surface area contributed by atoms with Gasteiger partial charge >= 0.3 is 0 Å². The third-order valence-corrected chi connectivity index (χ3v) is 8.64. The van der Waals surface area contributed by atoms with Crippen LogP contribution in [0, 0.1) is 11.6 Å². The number of rotatable bonds is 9. The smallest absolute Gasteiger partial charge is 0.228 e. The predicted molar refractivity (Wildman–Crippen MR) is 178 cm³/mol. The first-order valence-electron chi connectivity index (χ1n) is 14.8. The van der Waals surface area contributed by atoms with Gasteiger partial charge in [0.1, 0.15) is 27.0 Å². The minimum Gasteiger partial charge on any atom is -0.335 e. The molecule has 5 heterocycles. The number of aromatic amines is 2. The summed E-state index contributed by atoms with van der Waals surface area (Å²) in [6.45, 7) is 0. The number of carbonyl (C=O) groups is 1. The van der Waals surface area contributed by atoms with Crippen LogP contribution in [0.15, 0.2) is 85.5 Å². The number of anilines is 1. The van der Waals surface area contributed by atoms with E-state index in [9.17, 15) is 17.6 Å². The Hall–Kier alpha value is -5.89. The first-order valence-corrected chi connectivity index (χ1v) is 16.8. The van der Waals surface area contributed by atoms with E-state index >= 15 is 4.39 Å². The summed E-state index contributed by atoms with van der Waals surface area (Å²) >= 11 is 0. The van der Waals surface area contributed by atoms with Gasteiger partial charge in [-0.25, -0.2) is 27.2 Å². The van der Waals surface area contributed by atoms with Gasteiger partial charge < -0.3 is 10.3 Å². The van der Waals surface area contributed by atoms with Gasteiger partial charge in [-0.15, -0.1) is 0 Å². The lowest BCUT2D eigenvalue weighted by molar-refractivity contribution is -0.115. The van der Waals surface area contributed by atoms with E-state index in [1.54, 1.807) is 18.2 Å². The van der Waals surface area contributed by atoms with E-state index < -0.39 is 21.5 Å². The summed E-state index contributed by atoms with van der Waals surface area (Å²) in [5.41, 5.74) is 4.39. The van der Waals surface area contributed by atoms with E-state index in [1.165, 1.54) is 36.9 Å². The van der Waals surface area contributed by atoms with Crippen LogP contribution in [-0.4, -0.2) is 61.5 Å². The summed E-state index contributed by atoms with van der Waals surface area (Å²) in [6, 6.07) is 16.9. The molecule has 1 amide bonds. The predicted octanol–water partition coefficient (Wildman–Crippen LogP) is 5.67. The Morgan fingerprint density at radius 3 is 2.56 bits per heavy atom. The fraction of sp³-hybridized carbons (Fsp3) is 0.118. The number of pyridine rings is 3. The van der Waals surface area contributed by atoms with Gasteiger partial charge in [0.05, 0.1) is 46.7 Å². The Kier molecular flexibility index (Phi) is 7.93. The Balaban J connectivity index is 1.22. The first kappa shape index (κ1) is 30.7. The van der Waals surface area contributed by atoms with Crippen molar-refractivity contribution in [2.24, 2.45) is 0 Å². The van der Waals surface area contributed by atoms with Gasteiger partial charge in [-0.05, 0) is 47.4 Å². The van der Waals surface area contributed by atoms with Crippen LogP contribution >= 0.6 is 0 Å². The number of halogens is 2. The number of nitrogens with one attached hydrogen (secondary N) is 3. The second kappa shape index (κ2) is 12.4. The van der Waals surface area contributed by atoms with E-state index in [4.69, 9.17) is 0 Å². The van der Waals surface area contributed by atoms with E-state index in [-0.39, 0.29) is 47.1 Å². The van der Waals surface area contributed by atoms with Crippen LogP contribution < -0.4 is 5.32 Å². The zero-order valence-electron chi connectivity index (χ0n) is 25.3. The zero-order chi connectivity index (χ0) is 33.4. The number of aromatic nitrogens is 7. The molecule has 0 radical (unpaired) electrons. The van der Waals surface area contributed by atoms with Crippen molar-refractivity contribution in [3.05, 3.63) is 108 Å². The molecular formula is C34H26F2N8O3S. The van der Waals surface area contributed by atoms with E-state index in [0.29, 0.717) is 44.6 Å². The van der Waals surface area contributed by atoms with Crippen LogP contribution in [0.2, 0.25) is 0 Å². The standard InChI is InChI=1S/C34H26F2N8O3S/c1-48(46,47)10-8-20-11-21(14-23(35)12-20)25-7-9-38-33-31(25)41-34(42-33)32-28-26(43-44-32)18-39-30(29(28)36)22-15-24(17-37-16-22)40-27(45)13-19-5-3-2-4-6-19/h2-7,9,11-12,14-18H,8,10,13H2,1H3,(H,40,45)(H,43,44)(H,38,41,42). The molecule has 0 saturated heterocycles. The van der Waals surface area contributed by atoms with Gasteiger partial charge in [0.15, 0.2) is 17.3 Å². The topological polar surface area (TPSA) is 159 Å². The Labute approximate surface area is 272 Å². The van der Waals surface area contributed by atoms with Crippen molar-refractivity contribution in [1.29, 1.82) is 0 Å². The molecule has 5 aromatic heterocycles. The van der Waals surface area contributed by atoms with Gasteiger partial charge in [0.25, 0.3) is 0 Å². The monoisotopic (exact) mass is 664 g/mol. The normalized spacial score (nSPS) is 11.7. The zero-order valence-corrected chi connectivity index (χ0v) is 26.1. The second-order valence-corrected chi connectivity index (χ2v) is 13.6. The summed E-state index contributed by atoms with van der Waals surface area (Å²) in [7, 11) is -3.24. The van der Waals surface area contributed by atoms with Crippen LogP contribution in [0.4, 0.5) is 14.5 Å². The lowest BCUT2D eigenvalue weighted by Crippen LogP contribution is -2.14. The number of hydrogen-bond donors (Lipinski definition) is 3. The van der Waals surface area contributed by atoms with Crippen LogP contribution in [0.3, 0.4) is 0 Å². The molecule has 0 saturated carbocycles. The summed E-state index contributed by atoms with van der Waals surface area (Å²) in [5, 5.41) is 10.0. The molecule has 240 valence electrons. The lowest BCUT2D eigenvalue weighted by atomic mass is 10.0. The molecule has 0 atom stereocenters. The highest BCUT2D eigenvalue weighted by Crippen LogP contribution is 2.34. The maximum atomic E-state index is 16.3. The quantitative estimate of drug-likeness (QED) is 0.178. The SMILES string of the molecule is CS(=O)(=O)CCc1cc(F)cc(-c2ccnc3nc(-c4n[nH]c5cnc(-c6cncc(NC(=O)Cc7ccccc7)c6)c(F)c45)[nH]c23)c1. The molecule has 11 nitrogen and oxygen atoms in total. The maximum Gasteiger partial charge on any atom is 0.228 e. The van der Waals surface area contributed by atoms with Crippen molar-refractivity contribution in [2.75, 3.05) is 17.3 Å². The summed E-state index contributed by atoms with van der Waals surface area (Å²) in [5.74, 6) is -1.35.